The molecule has 22 heavy (non-hydrogen) atoms. The number of nitro benzene ring substituents is 1. The Morgan fingerprint density at radius 2 is 2.09 bits per heavy atom. The number of hydrogen-bond donors (Lipinski definition) is 1. The summed E-state index contributed by atoms with van der Waals surface area (Å²) in [5.41, 5.74) is -0.972. The SMILES string of the molecule is C[C@@H](CNC(=O)OC(C)(C)C)Oc1cc(F)ccc1[N+](=O)[O-]. The molecule has 8 heteroatoms. The van der Waals surface area contributed by atoms with E-state index in [0.29, 0.717) is 0 Å². The Bertz CT molecular complexity index is 557. The number of nitrogens with one attached hydrogen (secondary N) is 1. The van der Waals surface area contributed by atoms with Crippen molar-refractivity contribution in [2.75, 3.05) is 6.54 Å². The van der Waals surface area contributed by atoms with Gasteiger partial charge in [0.15, 0.2) is 5.75 Å². The van der Waals surface area contributed by atoms with Crippen LogP contribution in [0.25, 0.3) is 0 Å². The average Bonchev–Trinajstić information content (AvgIpc) is 2.34. The molecule has 1 amide bonds. The van der Waals surface area contributed by atoms with Crippen molar-refractivity contribution in [3.8, 4) is 5.75 Å². The van der Waals surface area contributed by atoms with Crippen molar-refractivity contribution >= 4 is 11.8 Å². The Hall–Kier alpha value is -2.38. The summed E-state index contributed by atoms with van der Waals surface area (Å²) in [4.78, 5) is 21.7. The Morgan fingerprint density at radius 1 is 1.45 bits per heavy atom. The zero-order valence-corrected chi connectivity index (χ0v) is 12.9. The van der Waals surface area contributed by atoms with Crippen molar-refractivity contribution in [2.24, 2.45) is 0 Å². The van der Waals surface area contributed by atoms with E-state index in [0.717, 1.165) is 18.2 Å². The first kappa shape index (κ1) is 17.7. The van der Waals surface area contributed by atoms with Gasteiger partial charge in [-0.05, 0) is 33.8 Å². The van der Waals surface area contributed by atoms with E-state index in [1.807, 2.05) is 0 Å². The molecule has 0 unspecified atom stereocenters. The van der Waals surface area contributed by atoms with Crippen molar-refractivity contribution < 1.29 is 23.6 Å². The molecule has 0 aliphatic heterocycles. The van der Waals surface area contributed by atoms with Crippen molar-refractivity contribution in [1.82, 2.24) is 5.32 Å². The van der Waals surface area contributed by atoms with Crippen LogP contribution in [0.3, 0.4) is 0 Å². The van der Waals surface area contributed by atoms with E-state index in [-0.39, 0.29) is 18.0 Å². The van der Waals surface area contributed by atoms with Crippen molar-refractivity contribution in [3.63, 3.8) is 0 Å². The molecule has 0 radical (unpaired) electrons. The molecule has 1 aromatic carbocycles. The van der Waals surface area contributed by atoms with Crippen LogP contribution in [0, 0.1) is 15.9 Å². The topological polar surface area (TPSA) is 90.7 Å². The van der Waals surface area contributed by atoms with Gasteiger partial charge in [-0.2, -0.15) is 0 Å². The third-order valence-corrected chi connectivity index (χ3v) is 2.38. The van der Waals surface area contributed by atoms with E-state index < -0.39 is 28.5 Å². The lowest BCUT2D eigenvalue weighted by molar-refractivity contribution is -0.386. The highest BCUT2D eigenvalue weighted by molar-refractivity contribution is 5.67. The molecule has 1 aromatic rings. The summed E-state index contributed by atoms with van der Waals surface area (Å²) in [5, 5.41) is 13.3. The minimum Gasteiger partial charge on any atom is -0.482 e. The number of alkyl carbamates (subject to hydrolysis) is 1. The van der Waals surface area contributed by atoms with Gasteiger partial charge in [-0.15, -0.1) is 0 Å². The number of nitro groups is 1. The molecule has 1 atom stereocenters. The number of rotatable bonds is 5. The monoisotopic (exact) mass is 314 g/mol. The van der Waals surface area contributed by atoms with Gasteiger partial charge in [0.05, 0.1) is 11.5 Å². The summed E-state index contributed by atoms with van der Waals surface area (Å²) < 4.78 is 23.5. The number of carbonyl (C=O) groups is 1. The van der Waals surface area contributed by atoms with Crippen LogP contribution in [0.15, 0.2) is 18.2 Å². The fourth-order valence-electron chi connectivity index (χ4n) is 1.53. The van der Waals surface area contributed by atoms with E-state index in [1.54, 1.807) is 27.7 Å². The van der Waals surface area contributed by atoms with Gasteiger partial charge >= 0.3 is 11.8 Å². The van der Waals surface area contributed by atoms with Gasteiger partial charge in [-0.1, -0.05) is 0 Å². The standard InChI is InChI=1S/C14H19FN2O5/c1-9(8-16-13(18)22-14(2,3)4)21-12-7-10(15)5-6-11(12)17(19)20/h5-7,9H,8H2,1-4H3,(H,16,18)/t9-/m0/s1. The molecule has 122 valence electrons. The van der Waals surface area contributed by atoms with Crippen molar-refractivity contribution in [3.05, 3.63) is 34.1 Å². The molecule has 1 N–H and O–H groups in total. The maximum absolute atomic E-state index is 13.2. The van der Waals surface area contributed by atoms with Gasteiger partial charge in [-0.3, -0.25) is 10.1 Å². The molecule has 0 heterocycles. The van der Waals surface area contributed by atoms with Gasteiger partial charge in [0.25, 0.3) is 0 Å². The molecule has 0 bridgehead atoms. The van der Waals surface area contributed by atoms with Gasteiger partial charge < -0.3 is 14.8 Å². The van der Waals surface area contributed by atoms with Gasteiger partial charge in [0, 0.05) is 12.1 Å². The van der Waals surface area contributed by atoms with E-state index >= 15 is 0 Å². The first-order valence-electron chi connectivity index (χ1n) is 6.66. The van der Waals surface area contributed by atoms with Crippen molar-refractivity contribution in [2.45, 2.75) is 39.4 Å². The van der Waals surface area contributed by atoms with Crippen LogP contribution < -0.4 is 10.1 Å². The molecule has 7 nitrogen and oxygen atoms in total. The molecular formula is C14H19FN2O5. The largest absolute Gasteiger partial charge is 0.482 e. The Labute approximate surface area is 127 Å². The van der Waals surface area contributed by atoms with Crippen LogP contribution in [0.2, 0.25) is 0 Å². The molecule has 1 rings (SSSR count). The lowest BCUT2D eigenvalue weighted by Crippen LogP contribution is -2.37. The maximum atomic E-state index is 13.2. The molecule has 0 aliphatic carbocycles. The van der Waals surface area contributed by atoms with Gasteiger partial charge in [0.2, 0.25) is 0 Å². The number of benzene rings is 1. The third kappa shape index (κ3) is 5.94. The third-order valence-electron chi connectivity index (χ3n) is 2.38. The molecule has 0 aromatic heterocycles. The summed E-state index contributed by atoms with van der Waals surface area (Å²) in [5.74, 6) is -0.837. The normalized spacial score (nSPS) is 12.4. The molecular weight excluding hydrogens is 295 g/mol. The zero-order chi connectivity index (χ0) is 16.9. The van der Waals surface area contributed by atoms with Crippen LogP contribution in [0.1, 0.15) is 27.7 Å². The second-order valence-electron chi connectivity index (χ2n) is 5.68. The second-order valence-corrected chi connectivity index (χ2v) is 5.68. The van der Waals surface area contributed by atoms with Crippen LogP contribution in [0.5, 0.6) is 5.75 Å². The van der Waals surface area contributed by atoms with E-state index in [2.05, 4.69) is 5.32 Å². The molecule has 0 aliphatic rings. The number of ether oxygens (including phenoxy) is 2. The fourth-order valence-corrected chi connectivity index (χ4v) is 1.53. The smallest absolute Gasteiger partial charge is 0.407 e. The van der Waals surface area contributed by atoms with Crippen LogP contribution in [-0.2, 0) is 4.74 Å². The molecule has 0 fully saturated rings. The van der Waals surface area contributed by atoms with E-state index in [1.165, 1.54) is 0 Å². The molecule has 0 saturated carbocycles. The minimum atomic E-state index is -0.664. The fraction of sp³-hybridized carbons (Fsp3) is 0.500. The highest BCUT2D eigenvalue weighted by atomic mass is 19.1. The van der Waals surface area contributed by atoms with Crippen LogP contribution in [-0.4, -0.2) is 29.3 Å². The van der Waals surface area contributed by atoms with Crippen molar-refractivity contribution in [1.29, 1.82) is 0 Å². The molecule has 0 saturated heterocycles. The molecule has 0 spiro atoms. The Morgan fingerprint density at radius 3 is 2.64 bits per heavy atom. The number of nitrogens with zero attached hydrogens (tertiary/aromatic N) is 1. The van der Waals surface area contributed by atoms with E-state index in [4.69, 9.17) is 9.47 Å². The number of carbonyl (C=O) groups excluding carboxylic acids is 1. The lowest BCUT2D eigenvalue weighted by Gasteiger charge is -2.21. The van der Waals surface area contributed by atoms with E-state index in [9.17, 15) is 19.3 Å². The maximum Gasteiger partial charge on any atom is 0.407 e. The van der Waals surface area contributed by atoms with Gasteiger partial charge in [-0.25, -0.2) is 9.18 Å². The number of halogens is 1. The number of hydrogen-bond acceptors (Lipinski definition) is 5. The first-order chi connectivity index (χ1) is 10.1. The summed E-state index contributed by atoms with van der Waals surface area (Å²) in [6.07, 6.45) is -1.23. The highest BCUT2D eigenvalue weighted by Crippen LogP contribution is 2.28. The predicted molar refractivity (Wildman–Crippen MR) is 77.4 cm³/mol. The summed E-state index contributed by atoms with van der Waals surface area (Å²) >= 11 is 0. The zero-order valence-electron chi connectivity index (χ0n) is 12.9. The van der Waals surface area contributed by atoms with Gasteiger partial charge in [0.1, 0.15) is 17.5 Å². The number of amides is 1. The lowest BCUT2D eigenvalue weighted by atomic mass is 10.2. The summed E-state index contributed by atoms with van der Waals surface area (Å²) in [6, 6.07) is 2.94. The average molecular weight is 314 g/mol. The highest BCUT2D eigenvalue weighted by Gasteiger charge is 2.20. The summed E-state index contributed by atoms with van der Waals surface area (Å²) in [7, 11) is 0. The minimum absolute atomic E-state index is 0.0581. The quantitative estimate of drug-likeness (QED) is 0.666. The Balaban J connectivity index is 2.62. The van der Waals surface area contributed by atoms with Crippen LogP contribution >= 0.6 is 0 Å². The van der Waals surface area contributed by atoms with Crippen LogP contribution in [0.4, 0.5) is 14.9 Å². The Kier molecular flexibility index (Phi) is 5.67. The first-order valence-corrected chi connectivity index (χ1v) is 6.66. The second kappa shape index (κ2) is 7.06. The summed E-state index contributed by atoms with van der Waals surface area (Å²) in [6.45, 7) is 6.82. The predicted octanol–water partition coefficient (Wildman–Crippen LogP) is 3.03.